The maximum absolute atomic E-state index is 12.0. The zero-order valence-corrected chi connectivity index (χ0v) is 10.3. The maximum atomic E-state index is 12.0. The molecule has 1 saturated heterocycles. The van der Waals surface area contributed by atoms with Crippen molar-refractivity contribution in [2.45, 2.75) is 45.3 Å². The number of hydrogen-bond acceptors (Lipinski definition) is 2. The van der Waals surface area contributed by atoms with Gasteiger partial charge >= 0.3 is 0 Å². The summed E-state index contributed by atoms with van der Waals surface area (Å²) in [5.74, 6) is 0.734. The number of amides is 1. The molecule has 0 spiro atoms. The van der Waals surface area contributed by atoms with Crippen molar-refractivity contribution in [3.8, 4) is 0 Å². The van der Waals surface area contributed by atoms with Gasteiger partial charge in [0.05, 0.1) is 6.10 Å². The van der Waals surface area contributed by atoms with Crippen molar-refractivity contribution in [1.82, 2.24) is 4.90 Å². The Morgan fingerprint density at radius 3 is 2.73 bits per heavy atom. The first-order chi connectivity index (χ1) is 7.19. The molecule has 15 heavy (non-hydrogen) atoms. The highest BCUT2D eigenvalue weighted by atomic mass is 35.5. The fourth-order valence-corrected chi connectivity index (χ4v) is 1.98. The minimum Gasteiger partial charge on any atom is -0.365 e. The van der Waals surface area contributed by atoms with Gasteiger partial charge < -0.3 is 9.64 Å². The third-order valence-electron chi connectivity index (χ3n) is 2.76. The number of halogens is 1. The van der Waals surface area contributed by atoms with Crippen molar-refractivity contribution < 1.29 is 9.53 Å². The largest absolute Gasteiger partial charge is 0.365 e. The molecular weight excluding hydrogens is 214 g/mol. The quantitative estimate of drug-likeness (QED) is 0.680. The van der Waals surface area contributed by atoms with E-state index in [9.17, 15) is 4.79 Å². The molecular formula is C11H20ClNO2. The van der Waals surface area contributed by atoms with Crippen molar-refractivity contribution in [3.05, 3.63) is 0 Å². The normalized spacial score (nSPS) is 25.5. The molecule has 1 amide bonds. The highest BCUT2D eigenvalue weighted by Crippen LogP contribution is 2.20. The van der Waals surface area contributed by atoms with Crippen LogP contribution in [0.1, 0.15) is 33.1 Å². The minimum atomic E-state index is -0.213. The molecule has 1 aliphatic heterocycles. The van der Waals surface area contributed by atoms with Gasteiger partial charge in [-0.2, -0.15) is 0 Å². The maximum Gasteiger partial charge on any atom is 0.251 e. The average molecular weight is 234 g/mol. The standard InChI is InChI=1S/C11H20ClNO2/c1-3-13(8-4-7-12)11(14)10-6-5-9(2)15-10/h9-10H,3-8H2,1-2H3. The first-order valence-electron chi connectivity index (χ1n) is 5.69. The number of nitrogens with zero attached hydrogens (tertiary/aromatic N) is 1. The van der Waals surface area contributed by atoms with Gasteiger partial charge in [-0.15, -0.1) is 11.6 Å². The van der Waals surface area contributed by atoms with Crippen molar-refractivity contribution in [2.24, 2.45) is 0 Å². The number of carbonyl (C=O) groups excluding carboxylic acids is 1. The Kier molecular flexibility index (Phi) is 5.40. The minimum absolute atomic E-state index is 0.131. The second-order valence-electron chi connectivity index (χ2n) is 3.97. The van der Waals surface area contributed by atoms with Crippen LogP contribution in [0.4, 0.5) is 0 Å². The molecule has 0 aromatic heterocycles. The van der Waals surface area contributed by atoms with E-state index in [1.807, 2.05) is 18.7 Å². The molecule has 1 fully saturated rings. The van der Waals surface area contributed by atoms with Gasteiger partial charge in [0.25, 0.3) is 5.91 Å². The Balaban J connectivity index is 2.42. The molecule has 1 aliphatic rings. The first-order valence-corrected chi connectivity index (χ1v) is 6.22. The second kappa shape index (κ2) is 6.33. The van der Waals surface area contributed by atoms with Gasteiger partial charge in [-0.25, -0.2) is 0 Å². The van der Waals surface area contributed by atoms with Crippen LogP contribution < -0.4 is 0 Å². The molecule has 0 N–H and O–H groups in total. The van der Waals surface area contributed by atoms with Gasteiger partial charge in [0, 0.05) is 19.0 Å². The molecule has 3 nitrogen and oxygen atoms in total. The van der Waals surface area contributed by atoms with Crippen LogP contribution in [0.3, 0.4) is 0 Å². The molecule has 0 aromatic carbocycles. The van der Waals surface area contributed by atoms with Crippen LogP contribution in [-0.4, -0.2) is 42.0 Å². The molecule has 0 radical (unpaired) electrons. The highest BCUT2D eigenvalue weighted by Gasteiger charge is 2.30. The van der Waals surface area contributed by atoms with E-state index in [-0.39, 0.29) is 18.1 Å². The van der Waals surface area contributed by atoms with E-state index in [4.69, 9.17) is 16.3 Å². The average Bonchev–Trinajstić information content (AvgIpc) is 2.65. The zero-order chi connectivity index (χ0) is 11.3. The molecule has 4 heteroatoms. The summed E-state index contributed by atoms with van der Waals surface area (Å²) in [5, 5.41) is 0. The summed E-state index contributed by atoms with van der Waals surface area (Å²) >= 11 is 5.62. The lowest BCUT2D eigenvalue weighted by atomic mass is 10.2. The Morgan fingerprint density at radius 1 is 1.53 bits per heavy atom. The van der Waals surface area contributed by atoms with Crippen LogP contribution >= 0.6 is 11.6 Å². The summed E-state index contributed by atoms with van der Waals surface area (Å²) in [6, 6.07) is 0. The van der Waals surface area contributed by atoms with Crippen LogP contribution in [0.25, 0.3) is 0 Å². The number of rotatable bonds is 5. The molecule has 1 rings (SSSR count). The Bertz CT molecular complexity index is 211. The third kappa shape index (κ3) is 3.65. The second-order valence-corrected chi connectivity index (χ2v) is 4.35. The fourth-order valence-electron chi connectivity index (χ4n) is 1.86. The van der Waals surface area contributed by atoms with Crippen molar-refractivity contribution >= 4 is 17.5 Å². The van der Waals surface area contributed by atoms with E-state index >= 15 is 0 Å². The Hall–Kier alpha value is -0.280. The van der Waals surface area contributed by atoms with Crippen LogP contribution in [0.5, 0.6) is 0 Å². The summed E-state index contributed by atoms with van der Waals surface area (Å²) in [6.07, 6.45) is 2.71. The third-order valence-corrected chi connectivity index (χ3v) is 3.03. The van der Waals surface area contributed by atoms with E-state index in [2.05, 4.69) is 0 Å². The summed E-state index contributed by atoms with van der Waals surface area (Å²) in [5.41, 5.74) is 0. The van der Waals surface area contributed by atoms with Crippen LogP contribution in [0, 0.1) is 0 Å². The Labute approximate surface area is 96.7 Å². The topological polar surface area (TPSA) is 29.5 Å². The van der Waals surface area contributed by atoms with Gasteiger partial charge in [-0.3, -0.25) is 4.79 Å². The molecule has 2 atom stereocenters. The van der Waals surface area contributed by atoms with Crippen LogP contribution in [-0.2, 0) is 9.53 Å². The lowest BCUT2D eigenvalue weighted by molar-refractivity contribution is -0.142. The molecule has 0 aliphatic carbocycles. The molecule has 0 saturated carbocycles. The van der Waals surface area contributed by atoms with E-state index < -0.39 is 0 Å². The van der Waals surface area contributed by atoms with Gasteiger partial charge in [-0.05, 0) is 33.1 Å². The lowest BCUT2D eigenvalue weighted by Gasteiger charge is -2.23. The summed E-state index contributed by atoms with van der Waals surface area (Å²) < 4.78 is 5.56. The Morgan fingerprint density at radius 2 is 2.27 bits per heavy atom. The predicted molar refractivity (Wildman–Crippen MR) is 61.2 cm³/mol. The van der Waals surface area contributed by atoms with Gasteiger partial charge in [0.2, 0.25) is 0 Å². The monoisotopic (exact) mass is 233 g/mol. The van der Waals surface area contributed by atoms with Crippen molar-refractivity contribution in [3.63, 3.8) is 0 Å². The van der Waals surface area contributed by atoms with Crippen LogP contribution in [0.15, 0.2) is 0 Å². The fraction of sp³-hybridized carbons (Fsp3) is 0.909. The summed E-state index contributed by atoms with van der Waals surface area (Å²) in [4.78, 5) is 13.8. The molecule has 0 aromatic rings. The highest BCUT2D eigenvalue weighted by molar-refractivity contribution is 6.17. The lowest BCUT2D eigenvalue weighted by Crippen LogP contribution is -2.39. The zero-order valence-electron chi connectivity index (χ0n) is 9.54. The van der Waals surface area contributed by atoms with Crippen LogP contribution in [0.2, 0.25) is 0 Å². The van der Waals surface area contributed by atoms with E-state index in [0.29, 0.717) is 5.88 Å². The van der Waals surface area contributed by atoms with Gasteiger partial charge in [-0.1, -0.05) is 0 Å². The number of alkyl halides is 1. The summed E-state index contributed by atoms with van der Waals surface area (Å²) in [7, 11) is 0. The predicted octanol–water partition coefficient (Wildman–Crippen LogP) is 2.03. The number of hydrogen-bond donors (Lipinski definition) is 0. The molecule has 88 valence electrons. The summed E-state index contributed by atoms with van der Waals surface area (Å²) in [6.45, 7) is 5.49. The van der Waals surface area contributed by atoms with E-state index in [0.717, 1.165) is 32.4 Å². The van der Waals surface area contributed by atoms with Crippen molar-refractivity contribution in [1.29, 1.82) is 0 Å². The van der Waals surface area contributed by atoms with Crippen molar-refractivity contribution in [2.75, 3.05) is 19.0 Å². The van der Waals surface area contributed by atoms with Gasteiger partial charge in [0.15, 0.2) is 0 Å². The SMILES string of the molecule is CCN(CCCCl)C(=O)C1CCC(C)O1. The van der Waals surface area contributed by atoms with E-state index in [1.165, 1.54) is 0 Å². The smallest absolute Gasteiger partial charge is 0.251 e. The van der Waals surface area contributed by atoms with E-state index in [1.54, 1.807) is 0 Å². The number of carbonyl (C=O) groups is 1. The first kappa shape index (κ1) is 12.8. The molecule has 0 bridgehead atoms. The molecule has 1 heterocycles. The van der Waals surface area contributed by atoms with Gasteiger partial charge in [0.1, 0.15) is 6.10 Å². The number of likely N-dealkylation sites (N-methyl/N-ethyl adjacent to an activating group) is 1. The molecule has 2 unspecified atom stereocenters. The number of ether oxygens (including phenoxy) is 1.